The number of rotatable bonds is 3. The molecule has 124 valence electrons. The van der Waals surface area contributed by atoms with Crippen LogP contribution in [-0.4, -0.2) is 54.3 Å². The van der Waals surface area contributed by atoms with Gasteiger partial charge < -0.3 is 18.8 Å². The van der Waals surface area contributed by atoms with Crippen LogP contribution in [-0.2, 0) is 9.47 Å². The van der Waals surface area contributed by atoms with Crippen LogP contribution in [0.2, 0.25) is 0 Å². The molecule has 1 aliphatic rings. The molecule has 1 aliphatic heterocycles. The molecule has 0 spiro atoms. The van der Waals surface area contributed by atoms with Crippen molar-refractivity contribution < 1.29 is 18.7 Å². The monoisotopic (exact) mass is 318 g/mol. The third kappa shape index (κ3) is 3.38. The quantitative estimate of drug-likeness (QED) is 0.869. The lowest BCUT2D eigenvalue weighted by molar-refractivity contribution is -0.143. The third-order valence-corrected chi connectivity index (χ3v) is 3.84. The van der Waals surface area contributed by atoms with Gasteiger partial charge in [-0.25, -0.2) is 4.98 Å². The molecule has 0 bridgehead atoms. The van der Waals surface area contributed by atoms with Crippen molar-refractivity contribution in [2.45, 2.75) is 32.5 Å². The van der Waals surface area contributed by atoms with Gasteiger partial charge in [0.2, 0.25) is 0 Å². The van der Waals surface area contributed by atoms with Crippen LogP contribution in [0.5, 0.6) is 0 Å². The van der Waals surface area contributed by atoms with Gasteiger partial charge in [0.25, 0.3) is 5.91 Å². The molecule has 0 N–H and O–H groups in total. The highest BCUT2D eigenvalue weighted by Crippen LogP contribution is 2.25. The fourth-order valence-electron chi connectivity index (χ4n) is 3.01. The number of carbonyl (C=O) groups is 1. The van der Waals surface area contributed by atoms with E-state index < -0.39 is 5.60 Å². The number of morpholine rings is 1. The van der Waals surface area contributed by atoms with Crippen LogP contribution >= 0.6 is 0 Å². The first-order chi connectivity index (χ1) is 10.9. The summed E-state index contributed by atoms with van der Waals surface area (Å²) in [5.74, 6) is 0.171. The fourth-order valence-corrected chi connectivity index (χ4v) is 3.01. The van der Waals surface area contributed by atoms with Crippen LogP contribution in [0.4, 0.5) is 0 Å². The van der Waals surface area contributed by atoms with Crippen LogP contribution in [0.1, 0.15) is 30.1 Å². The number of hydrogen-bond donors (Lipinski definition) is 0. The number of aromatic nitrogens is 1. The molecule has 1 amide bonds. The molecular weight excluding hydrogens is 296 g/mol. The molecule has 6 heteroatoms. The highest BCUT2D eigenvalue weighted by Gasteiger charge is 2.36. The first-order valence-electron chi connectivity index (χ1n) is 7.71. The molecule has 6 nitrogen and oxygen atoms in total. The van der Waals surface area contributed by atoms with Gasteiger partial charge in [0.15, 0.2) is 11.3 Å². The summed E-state index contributed by atoms with van der Waals surface area (Å²) in [6.07, 6.45) is -0.141. The standard InChI is InChI=1S/C17H22N2O4/c1-11-5-6-14-13(18-11)7-15(22-14)16(20)19-8-12(9-21-4)23-17(2,3)10-19/h5-7,12H,8-10H2,1-4H3/t12-/m0/s1. The maximum atomic E-state index is 12.8. The molecule has 23 heavy (non-hydrogen) atoms. The summed E-state index contributed by atoms with van der Waals surface area (Å²) >= 11 is 0. The zero-order valence-electron chi connectivity index (χ0n) is 14.0. The van der Waals surface area contributed by atoms with E-state index >= 15 is 0 Å². The van der Waals surface area contributed by atoms with Gasteiger partial charge in [0, 0.05) is 32.0 Å². The Morgan fingerprint density at radius 2 is 2.26 bits per heavy atom. The number of ether oxygens (including phenoxy) is 2. The largest absolute Gasteiger partial charge is 0.449 e. The van der Waals surface area contributed by atoms with Gasteiger partial charge in [0.1, 0.15) is 5.52 Å². The zero-order chi connectivity index (χ0) is 16.6. The number of nitrogens with zero attached hydrogens (tertiary/aromatic N) is 2. The maximum Gasteiger partial charge on any atom is 0.289 e. The highest BCUT2D eigenvalue weighted by molar-refractivity contribution is 5.95. The molecule has 1 saturated heterocycles. The summed E-state index contributed by atoms with van der Waals surface area (Å²) in [5.41, 5.74) is 1.80. The Hall–Kier alpha value is -1.92. The minimum absolute atomic E-state index is 0.141. The Morgan fingerprint density at radius 3 is 3.00 bits per heavy atom. The van der Waals surface area contributed by atoms with E-state index in [-0.39, 0.29) is 12.0 Å². The molecule has 3 rings (SSSR count). The van der Waals surface area contributed by atoms with Crippen molar-refractivity contribution in [3.8, 4) is 0 Å². The van der Waals surface area contributed by atoms with Crippen molar-refractivity contribution in [1.29, 1.82) is 0 Å². The molecule has 0 saturated carbocycles. The summed E-state index contributed by atoms with van der Waals surface area (Å²) in [7, 11) is 1.63. The second-order valence-corrected chi connectivity index (χ2v) is 6.59. The first-order valence-corrected chi connectivity index (χ1v) is 7.71. The average Bonchev–Trinajstić information content (AvgIpc) is 2.88. The lowest BCUT2D eigenvalue weighted by atomic mass is 10.0. The lowest BCUT2D eigenvalue weighted by Crippen LogP contribution is -2.55. The second kappa shape index (κ2) is 5.94. The molecule has 0 radical (unpaired) electrons. The van der Waals surface area contributed by atoms with Gasteiger partial charge in [-0.15, -0.1) is 0 Å². The molecule has 1 fully saturated rings. The van der Waals surface area contributed by atoms with Crippen molar-refractivity contribution in [1.82, 2.24) is 9.88 Å². The molecule has 1 atom stereocenters. The summed E-state index contributed by atoms with van der Waals surface area (Å²) in [5, 5.41) is 0. The number of carbonyl (C=O) groups excluding carboxylic acids is 1. The second-order valence-electron chi connectivity index (χ2n) is 6.59. The van der Waals surface area contributed by atoms with E-state index in [4.69, 9.17) is 13.9 Å². The van der Waals surface area contributed by atoms with Crippen LogP contribution in [0.25, 0.3) is 11.1 Å². The minimum Gasteiger partial charge on any atom is -0.449 e. The van der Waals surface area contributed by atoms with Gasteiger partial charge in [-0.3, -0.25) is 4.79 Å². The number of aryl methyl sites for hydroxylation is 1. The van der Waals surface area contributed by atoms with E-state index in [0.717, 1.165) is 5.69 Å². The van der Waals surface area contributed by atoms with Gasteiger partial charge >= 0.3 is 0 Å². The normalized spacial score (nSPS) is 20.9. The fraction of sp³-hybridized carbons (Fsp3) is 0.529. The predicted molar refractivity (Wildman–Crippen MR) is 85.5 cm³/mol. The maximum absolute atomic E-state index is 12.8. The van der Waals surface area contributed by atoms with E-state index in [1.807, 2.05) is 32.9 Å². The topological polar surface area (TPSA) is 64.8 Å². The van der Waals surface area contributed by atoms with Crippen LogP contribution in [0.3, 0.4) is 0 Å². The van der Waals surface area contributed by atoms with Crippen LogP contribution in [0.15, 0.2) is 22.6 Å². The van der Waals surface area contributed by atoms with Gasteiger partial charge in [0.05, 0.1) is 18.3 Å². The van der Waals surface area contributed by atoms with Crippen molar-refractivity contribution in [3.63, 3.8) is 0 Å². The van der Waals surface area contributed by atoms with Crippen LogP contribution < -0.4 is 0 Å². The van der Waals surface area contributed by atoms with Crippen molar-refractivity contribution in [2.24, 2.45) is 0 Å². The molecule has 0 aromatic carbocycles. The Labute approximate surface area is 135 Å². The number of methoxy groups -OCH3 is 1. The Kier molecular flexibility index (Phi) is 4.12. The summed E-state index contributed by atoms with van der Waals surface area (Å²) in [4.78, 5) is 18.9. The third-order valence-electron chi connectivity index (χ3n) is 3.84. The average molecular weight is 318 g/mol. The van der Waals surface area contributed by atoms with Crippen molar-refractivity contribution >= 4 is 17.0 Å². The highest BCUT2D eigenvalue weighted by atomic mass is 16.5. The lowest BCUT2D eigenvalue weighted by Gasteiger charge is -2.42. The SMILES string of the molecule is COC[C@@H]1CN(C(=O)c2cc3nc(C)ccc3o2)CC(C)(C)O1. The summed E-state index contributed by atoms with van der Waals surface area (Å²) in [6, 6.07) is 5.41. The summed E-state index contributed by atoms with van der Waals surface area (Å²) < 4.78 is 16.8. The molecule has 2 aromatic rings. The van der Waals surface area contributed by atoms with E-state index in [2.05, 4.69) is 4.98 Å². The smallest absolute Gasteiger partial charge is 0.289 e. The Bertz CT molecular complexity index is 722. The van der Waals surface area contributed by atoms with E-state index in [0.29, 0.717) is 36.6 Å². The molecule has 0 unspecified atom stereocenters. The van der Waals surface area contributed by atoms with Gasteiger partial charge in [-0.2, -0.15) is 0 Å². The molecular formula is C17H22N2O4. The van der Waals surface area contributed by atoms with Crippen LogP contribution in [0, 0.1) is 6.92 Å². The van der Waals surface area contributed by atoms with Crippen molar-refractivity contribution in [2.75, 3.05) is 26.8 Å². The molecule has 2 aromatic heterocycles. The minimum atomic E-state index is -0.419. The number of furan rings is 1. The summed E-state index contributed by atoms with van der Waals surface area (Å²) in [6.45, 7) is 7.30. The van der Waals surface area contributed by atoms with Crippen molar-refractivity contribution in [3.05, 3.63) is 29.7 Å². The van der Waals surface area contributed by atoms with E-state index in [1.165, 1.54) is 0 Å². The Balaban J connectivity index is 1.85. The van der Waals surface area contributed by atoms with E-state index in [9.17, 15) is 4.79 Å². The molecule has 0 aliphatic carbocycles. The molecule has 3 heterocycles. The van der Waals surface area contributed by atoms with Gasteiger partial charge in [-0.1, -0.05) is 0 Å². The number of pyridine rings is 1. The predicted octanol–water partition coefficient (Wildman–Crippen LogP) is 2.40. The Morgan fingerprint density at radius 1 is 1.48 bits per heavy atom. The van der Waals surface area contributed by atoms with E-state index in [1.54, 1.807) is 18.1 Å². The first kappa shape index (κ1) is 16.0. The van der Waals surface area contributed by atoms with Gasteiger partial charge in [-0.05, 0) is 32.9 Å². The zero-order valence-corrected chi connectivity index (χ0v) is 14.0. The number of hydrogen-bond acceptors (Lipinski definition) is 5. The number of fused-ring (bicyclic) bond motifs is 1. The number of amides is 1.